The van der Waals surface area contributed by atoms with E-state index in [4.69, 9.17) is 10.5 Å². The summed E-state index contributed by atoms with van der Waals surface area (Å²) in [5.41, 5.74) is 5.93. The van der Waals surface area contributed by atoms with Crippen LogP contribution in [0.1, 0.15) is 12.5 Å². The van der Waals surface area contributed by atoms with Crippen molar-refractivity contribution in [1.29, 1.82) is 0 Å². The molecular formula is C15H15NO3. The van der Waals surface area contributed by atoms with Crippen LogP contribution in [0, 0.1) is 0 Å². The zero-order chi connectivity index (χ0) is 13.8. The van der Waals surface area contributed by atoms with Crippen molar-refractivity contribution in [3.05, 3.63) is 48.0 Å². The number of ether oxygens (including phenoxy) is 1. The zero-order valence-electron chi connectivity index (χ0n) is 10.6. The van der Waals surface area contributed by atoms with E-state index in [9.17, 15) is 9.59 Å². The van der Waals surface area contributed by atoms with Crippen molar-refractivity contribution < 1.29 is 14.3 Å². The van der Waals surface area contributed by atoms with E-state index in [1.807, 2.05) is 42.5 Å². The quantitative estimate of drug-likeness (QED) is 0.849. The van der Waals surface area contributed by atoms with Crippen molar-refractivity contribution in [2.45, 2.75) is 19.4 Å². The van der Waals surface area contributed by atoms with E-state index in [1.54, 1.807) is 0 Å². The van der Waals surface area contributed by atoms with Gasteiger partial charge in [-0.3, -0.25) is 9.59 Å². The second-order valence-corrected chi connectivity index (χ2v) is 4.35. The topological polar surface area (TPSA) is 69.4 Å². The van der Waals surface area contributed by atoms with E-state index >= 15 is 0 Å². The van der Waals surface area contributed by atoms with Gasteiger partial charge >= 0.3 is 5.97 Å². The van der Waals surface area contributed by atoms with Gasteiger partial charge in [-0.25, -0.2) is 0 Å². The van der Waals surface area contributed by atoms with Gasteiger partial charge in [0.1, 0.15) is 0 Å². The molecule has 19 heavy (non-hydrogen) atoms. The van der Waals surface area contributed by atoms with E-state index in [-0.39, 0.29) is 6.42 Å². The van der Waals surface area contributed by atoms with Gasteiger partial charge < -0.3 is 10.5 Å². The van der Waals surface area contributed by atoms with Gasteiger partial charge in [0.25, 0.3) is 5.91 Å². The van der Waals surface area contributed by atoms with Crippen LogP contribution in [0.2, 0.25) is 0 Å². The molecule has 0 heterocycles. The lowest BCUT2D eigenvalue weighted by atomic mass is 10.0. The molecule has 4 heteroatoms. The van der Waals surface area contributed by atoms with Crippen LogP contribution in [0.25, 0.3) is 10.8 Å². The van der Waals surface area contributed by atoms with E-state index < -0.39 is 18.0 Å². The molecule has 0 saturated heterocycles. The molecule has 0 saturated carbocycles. The number of esters is 1. The summed E-state index contributed by atoms with van der Waals surface area (Å²) in [6.45, 7) is 1.46. The Morgan fingerprint density at radius 2 is 1.84 bits per heavy atom. The summed E-state index contributed by atoms with van der Waals surface area (Å²) in [5, 5.41) is 2.07. The zero-order valence-corrected chi connectivity index (χ0v) is 10.6. The molecule has 0 bridgehead atoms. The molecule has 0 aliphatic rings. The lowest BCUT2D eigenvalue weighted by Crippen LogP contribution is -2.30. The third-order valence-corrected chi connectivity index (χ3v) is 2.92. The number of benzene rings is 2. The van der Waals surface area contributed by atoms with Crippen molar-refractivity contribution in [2.24, 2.45) is 5.73 Å². The summed E-state index contributed by atoms with van der Waals surface area (Å²) >= 11 is 0. The first kappa shape index (κ1) is 13.1. The van der Waals surface area contributed by atoms with Crippen molar-refractivity contribution in [2.75, 3.05) is 0 Å². The molecule has 0 aliphatic carbocycles. The Morgan fingerprint density at radius 1 is 1.16 bits per heavy atom. The number of nitrogens with two attached hydrogens (primary N) is 1. The third-order valence-electron chi connectivity index (χ3n) is 2.92. The monoisotopic (exact) mass is 257 g/mol. The number of hydrogen-bond acceptors (Lipinski definition) is 3. The summed E-state index contributed by atoms with van der Waals surface area (Å²) in [4.78, 5) is 22.6. The van der Waals surface area contributed by atoms with Gasteiger partial charge in [-0.1, -0.05) is 42.5 Å². The van der Waals surface area contributed by atoms with Crippen LogP contribution >= 0.6 is 0 Å². The first-order valence-corrected chi connectivity index (χ1v) is 6.03. The van der Waals surface area contributed by atoms with Gasteiger partial charge in [-0.05, 0) is 23.3 Å². The molecule has 2 N–H and O–H groups in total. The molecular weight excluding hydrogens is 242 g/mol. The van der Waals surface area contributed by atoms with Crippen LogP contribution in [0.4, 0.5) is 0 Å². The molecule has 1 amide bonds. The number of carbonyl (C=O) groups is 2. The molecule has 0 unspecified atom stereocenters. The fraction of sp³-hybridized carbons (Fsp3) is 0.200. The van der Waals surface area contributed by atoms with E-state index in [2.05, 4.69) is 0 Å². The largest absolute Gasteiger partial charge is 0.452 e. The molecule has 2 aromatic carbocycles. The van der Waals surface area contributed by atoms with Crippen LogP contribution in [-0.4, -0.2) is 18.0 Å². The maximum atomic E-state index is 11.7. The Labute approximate surface area is 111 Å². The van der Waals surface area contributed by atoms with Crippen molar-refractivity contribution in [3.8, 4) is 0 Å². The molecule has 0 fully saturated rings. The maximum absolute atomic E-state index is 11.7. The molecule has 2 aromatic rings. The third kappa shape index (κ3) is 3.10. The SMILES string of the molecule is C[C@H](OC(=O)Cc1cccc2ccccc12)C(N)=O. The molecule has 4 nitrogen and oxygen atoms in total. The van der Waals surface area contributed by atoms with Crippen LogP contribution in [0.15, 0.2) is 42.5 Å². The second-order valence-electron chi connectivity index (χ2n) is 4.35. The number of hydrogen-bond donors (Lipinski definition) is 1. The fourth-order valence-electron chi connectivity index (χ4n) is 1.90. The van der Waals surface area contributed by atoms with Gasteiger partial charge in [-0.15, -0.1) is 0 Å². The summed E-state index contributed by atoms with van der Waals surface area (Å²) in [5.74, 6) is -1.10. The first-order valence-electron chi connectivity index (χ1n) is 6.03. The Bertz CT molecular complexity index is 616. The van der Waals surface area contributed by atoms with Crippen molar-refractivity contribution in [1.82, 2.24) is 0 Å². The molecule has 0 spiro atoms. The Balaban J connectivity index is 2.17. The highest BCUT2D eigenvalue weighted by atomic mass is 16.5. The van der Waals surface area contributed by atoms with Crippen LogP contribution in [0.5, 0.6) is 0 Å². The lowest BCUT2D eigenvalue weighted by molar-refractivity contribution is -0.153. The van der Waals surface area contributed by atoms with Gasteiger partial charge in [0.15, 0.2) is 6.10 Å². The predicted molar refractivity (Wildman–Crippen MR) is 72.4 cm³/mol. The minimum absolute atomic E-state index is 0.124. The van der Waals surface area contributed by atoms with Gasteiger partial charge in [0, 0.05) is 0 Å². The highest BCUT2D eigenvalue weighted by molar-refractivity contribution is 5.89. The smallest absolute Gasteiger partial charge is 0.311 e. The molecule has 0 radical (unpaired) electrons. The number of fused-ring (bicyclic) bond motifs is 1. The Morgan fingerprint density at radius 3 is 2.58 bits per heavy atom. The Hall–Kier alpha value is -2.36. The summed E-state index contributed by atoms with van der Waals surface area (Å²) in [7, 11) is 0. The molecule has 2 rings (SSSR count). The Kier molecular flexibility index (Phi) is 3.80. The number of rotatable bonds is 4. The average molecular weight is 257 g/mol. The number of amides is 1. The first-order chi connectivity index (χ1) is 9.08. The van der Waals surface area contributed by atoms with E-state index in [1.165, 1.54) is 6.92 Å². The van der Waals surface area contributed by atoms with Gasteiger partial charge in [0.2, 0.25) is 0 Å². The molecule has 1 atom stereocenters. The van der Waals surface area contributed by atoms with Gasteiger partial charge in [-0.2, -0.15) is 0 Å². The van der Waals surface area contributed by atoms with Crippen molar-refractivity contribution >= 4 is 22.6 Å². The summed E-state index contributed by atoms with van der Waals surface area (Å²) in [6.07, 6.45) is -0.777. The minimum Gasteiger partial charge on any atom is -0.452 e. The van der Waals surface area contributed by atoms with E-state index in [0.717, 1.165) is 16.3 Å². The molecule has 0 aromatic heterocycles. The number of primary amides is 1. The summed E-state index contributed by atoms with van der Waals surface area (Å²) in [6, 6.07) is 13.5. The second kappa shape index (κ2) is 5.52. The average Bonchev–Trinajstić information content (AvgIpc) is 2.39. The summed E-state index contributed by atoms with van der Waals surface area (Å²) < 4.78 is 4.95. The number of carbonyl (C=O) groups excluding carboxylic acids is 2. The van der Waals surface area contributed by atoms with Crippen molar-refractivity contribution in [3.63, 3.8) is 0 Å². The standard InChI is InChI=1S/C15H15NO3/c1-10(15(16)18)19-14(17)9-12-7-4-6-11-5-2-3-8-13(11)12/h2-8,10H,9H2,1H3,(H2,16,18)/t10-/m0/s1. The lowest BCUT2D eigenvalue weighted by Gasteiger charge is -2.10. The van der Waals surface area contributed by atoms with Crippen LogP contribution in [0.3, 0.4) is 0 Å². The fourth-order valence-corrected chi connectivity index (χ4v) is 1.90. The van der Waals surface area contributed by atoms with Crippen LogP contribution in [-0.2, 0) is 20.7 Å². The molecule has 98 valence electrons. The van der Waals surface area contributed by atoms with Crippen LogP contribution < -0.4 is 5.73 Å². The predicted octanol–water partition coefficient (Wildman–Crippen LogP) is 1.80. The van der Waals surface area contributed by atoms with E-state index in [0.29, 0.717) is 0 Å². The maximum Gasteiger partial charge on any atom is 0.311 e. The highest BCUT2D eigenvalue weighted by Gasteiger charge is 2.15. The minimum atomic E-state index is -0.900. The normalized spacial score (nSPS) is 12.1. The molecule has 0 aliphatic heterocycles. The highest BCUT2D eigenvalue weighted by Crippen LogP contribution is 2.19. The van der Waals surface area contributed by atoms with Gasteiger partial charge in [0.05, 0.1) is 6.42 Å².